The predicted molar refractivity (Wildman–Crippen MR) is 111 cm³/mol. The standard InChI is InChI=1S/C24H25NO5/c1-14-16-10-9-15(6-5-11-24(2)21(30-24)20(16)29-22(14)26)13-28-23(27)18-12-25-19-8-4-3-7-17(18)19/h3-4,6-8,12,16,20-21,25H,1,5,9-11,13H2,2H3/b15-6+/t16-,20-,21+,24+/m0/s1. The molecular formula is C24H25NO5. The van der Waals surface area contributed by atoms with E-state index in [1.807, 2.05) is 24.3 Å². The van der Waals surface area contributed by atoms with Crippen molar-refractivity contribution in [2.45, 2.75) is 50.4 Å². The van der Waals surface area contributed by atoms with E-state index in [0.29, 0.717) is 11.1 Å². The zero-order valence-corrected chi connectivity index (χ0v) is 17.0. The minimum absolute atomic E-state index is 0.0552. The van der Waals surface area contributed by atoms with E-state index >= 15 is 0 Å². The fourth-order valence-electron chi connectivity index (χ4n) is 4.73. The van der Waals surface area contributed by atoms with Crippen molar-refractivity contribution < 1.29 is 23.8 Å². The smallest absolute Gasteiger partial charge is 0.340 e. The van der Waals surface area contributed by atoms with Gasteiger partial charge < -0.3 is 19.2 Å². The first-order chi connectivity index (χ1) is 14.5. The minimum Gasteiger partial charge on any atom is -0.458 e. The first-order valence-electron chi connectivity index (χ1n) is 10.4. The van der Waals surface area contributed by atoms with E-state index in [9.17, 15) is 9.59 Å². The van der Waals surface area contributed by atoms with Crippen LogP contribution >= 0.6 is 0 Å². The Bertz CT molecular complexity index is 1070. The van der Waals surface area contributed by atoms with Gasteiger partial charge in [0.15, 0.2) is 0 Å². The van der Waals surface area contributed by atoms with Gasteiger partial charge in [0, 0.05) is 28.6 Å². The Kier molecular flexibility index (Phi) is 4.54. The van der Waals surface area contributed by atoms with Crippen LogP contribution in [0.5, 0.6) is 0 Å². The number of esters is 2. The molecule has 0 bridgehead atoms. The monoisotopic (exact) mass is 407 g/mol. The number of rotatable bonds is 3. The number of ether oxygens (including phenoxy) is 3. The summed E-state index contributed by atoms with van der Waals surface area (Å²) in [4.78, 5) is 27.8. The van der Waals surface area contributed by atoms with Crippen molar-refractivity contribution in [2.24, 2.45) is 5.92 Å². The van der Waals surface area contributed by atoms with Crippen molar-refractivity contribution in [3.8, 4) is 0 Å². The van der Waals surface area contributed by atoms with Gasteiger partial charge in [-0.3, -0.25) is 0 Å². The van der Waals surface area contributed by atoms with Crippen LogP contribution < -0.4 is 0 Å². The highest BCUT2D eigenvalue weighted by molar-refractivity contribution is 6.04. The Morgan fingerprint density at radius 3 is 3.07 bits per heavy atom. The molecule has 2 fully saturated rings. The first kappa shape index (κ1) is 19.1. The molecule has 1 aliphatic carbocycles. The second-order valence-electron chi connectivity index (χ2n) is 8.62. The highest BCUT2D eigenvalue weighted by Gasteiger charge is 2.61. The number of aromatic nitrogens is 1. The summed E-state index contributed by atoms with van der Waals surface area (Å²) in [6.45, 7) is 6.24. The van der Waals surface area contributed by atoms with Crippen LogP contribution in [0.2, 0.25) is 0 Å². The molecule has 0 radical (unpaired) electrons. The van der Waals surface area contributed by atoms with Crippen molar-refractivity contribution in [1.29, 1.82) is 0 Å². The van der Waals surface area contributed by atoms with Crippen LogP contribution in [0.1, 0.15) is 43.0 Å². The number of hydrogen-bond acceptors (Lipinski definition) is 5. The van der Waals surface area contributed by atoms with Crippen molar-refractivity contribution in [3.05, 3.63) is 59.8 Å². The maximum absolute atomic E-state index is 12.7. The molecule has 2 saturated heterocycles. The summed E-state index contributed by atoms with van der Waals surface area (Å²) in [7, 11) is 0. The lowest BCUT2D eigenvalue weighted by Gasteiger charge is -2.20. The Labute approximate surface area is 174 Å². The summed E-state index contributed by atoms with van der Waals surface area (Å²) in [6, 6.07) is 7.66. The van der Waals surface area contributed by atoms with Crippen molar-refractivity contribution >= 4 is 22.8 Å². The molecule has 2 aromatic rings. The zero-order valence-electron chi connectivity index (χ0n) is 17.0. The Balaban J connectivity index is 1.29. The van der Waals surface area contributed by atoms with Gasteiger partial charge in [-0.05, 0) is 44.2 Å². The van der Waals surface area contributed by atoms with Crippen LogP contribution in [0, 0.1) is 5.92 Å². The summed E-state index contributed by atoms with van der Waals surface area (Å²) in [5.41, 5.74) is 2.75. The minimum atomic E-state index is -0.343. The lowest BCUT2D eigenvalue weighted by atomic mass is 9.84. The zero-order chi connectivity index (χ0) is 20.9. The van der Waals surface area contributed by atoms with Gasteiger partial charge in [0.25, 0.3) is 0 Å². The third kappa shape index (κ3) is 3.25. The highest BCUT2D eigenvalue weighted by atomic mass is 16.6. The molecule has 6 nitrogen and oxygen atoms in total. The molecule has 1 aromatic heterocycles. The van der Waals surface area contributed by atoms with E-state index in [-0.39, 0.29) is 42.3 Å². The number of benzene rings is 1. The largest absolute Gasteiger partial charge is 0.458 e. The predicted octanol–water partition coefficient (Wildman–Crippen LogP) is 4.08. The number of epoxide rings is 1. The SMILES string of the molecule is C=C1C(=O)O[C@@H]2[C@H]3O[C@]3(C)CC/C=C(/COC(=O)c3c[nH]c4ccccc34)CC[C@@H]12. The number of para-hydroxylation sites is 1. The van der Waals surface area contributed by atoms with E-state index in [1.165, 1.54) is 0 Å². The molecule has 0 unspecified atom stereocenters. The van der Waals surface area contributed by atoms with Crippen molar-refractivity contribution in [3.63, 3.8) is 0 Å². The number of allylic oxidation sites excluding steroid dienone is 1. The fraction of sp³-hybridized carbons (Fsp3) is 0.417. The molecule has 0 amide bonds. The van der Waals surface area contributed by atoms with Gasteiger partial charge in [0.2, 0.25) is 0 Å². The normalized spacial score (nSPS) is 32.6. The van der Waals surface area contributed by atoms with Gasteiger partial charge >= 0.3 is 11.9 Å². The molecule has 156 valence electrons. The topological polar surface area (TPSA) is 80.9 Å². The van der Waals surface area contributed by atoms with E-state index in [4.69, 9.17) is 14.2 Å². The molecule has 1 aromatic carbocycles. The molecule has 0 saturated carbocycles. The van der Waals surface area contributed by atoms with E-state index in [2.05, 4.69) is 24.6 Å². The van der Waals surface area contributed by atoms with Crippen LogP contribution in [0.15, 0.2) is 54.3 Å². The van der Waals surface area contributed by atoms with Gasteiger partial charge in [-0.15, -0.1) is 0 Å². The molecule has 3 aliphatic rings. The average Bonchev–Trinajstić information content (AvgIpc) is 3.08. The number of carbonyl (C=O) groups is 2. The summed E-state index contributed by atoms with van der Waals surface area (Å²) in [5.74, 6) is -0.724. The summed E-state index contributed by atoms with van der Waals surface area (Å²) in [5, 5.41) is 0.855. The summed E-state index contributed by atoms with van der Waals surface area (Å²) < 4.78 is 17.2. The molecule has 3 heterocycles. The lowest BCUT2D eigenvalue weighted by molar-refractivity contribution is -0.140. The van der Waals surface area contributed by atoms with Gasteiger partial charge in [-0.2, -0.15) is 0 Å². The van der Waals surface area contributed by atoms with E-state index < -0.39 is 0 Å². The number of hydrogen-bond donors (Lipinski definition) is 1. The molecule has 0 spiro atoms. The first-order valence-corrected chi connectivity index (χ1v) is 10.4. The van der Waals surface area contributed by atoms with E-state index in [0.717, 1.165) is 42.2 Å². The van der Waals surface area contributed by atoms with Crippen LogP contribution in [-0.4, -0.2) is 41.3 Å². The highest BCUT2D eigenvalue weighted by Crippen LogP contribution is 2.49. The number of fused-ring (bicyclic) bond motifs is 4. The fourth-order valence-corrected chi connectivity index (χ4v) is 4.73. The van der Waals surface area contributed by atoms with Gasteiger partial charge in [0.1, 0.15) is 18.8 Å². The third-order valence-corrected chi connectivity index (χ3v) is 6.64. The van der Waals surface area contributed by atoms with Gasteiger partial charge in [0.05, 0.1) is 11.2 Å². The maximum atomic E-state index is 12.7. The maximum Gasteiger partial charge on any atom is 0.340 e. The second kappa shape index (κ2) is 7.13. The summed E-state index contributed by atoms with van der Waals surface area (Å²) in [6.07, 6.45) is 6.64. The molecule has 5 rings (SSSR count). The van der Waals surface area contributed by atoms with E-state index in [1.54, 1.807) is 6.20 Å². The number of H-pyrrole nitrogens is 1. The Morgan fingerprint density at radius 1 is 1.37 bits per heavy atom. The van der Waals surface area contributed by atoms with Gasteiger partial charge in [-0.1, -0.05) is 30.9 Å². The molecule has 1 N–H and O–H groups in total. The van der Waals surface area contributed by atoms with Crippen LogP contribution in [0.4, 0.5) is 0 Å². The lowest BCUT2D eigenvalue weighted by Crippen LogP contribution is -2.29. The molecule has 6 heteroatoms. The Morgan fingerprint density at radius 2 is 2.20 bits per heavy atom. The molecule has 2 aliphatic heterocycles. The van der Waals surface area contributed by atoms with Gasteiger partial charge in [-0.25, -0.2) is 9.59 Å². The van der Waals surface area contributed by atoms with Crippen LogP contribution in [-0.2, 0) is 19.0 Å². The molecule has 4 atom stereocenters. The number of nitrogens with one attached hydrogen (secondary N) is 1. The average molecular weight is 407 g/mol. The van der Waals surface area contributed by atoms with Crippen LogP contribution in [0.25, 0.3) is 10.9 Å². The second-order valence-corrected chi connectivity index (χ2v) is 8.62. The quantitative estimate of drug-likeness (QED) is 0.359. The molecule has 30 heavy (non-hydrogen) atoms. The number of aromatic amines is 1. The van der Waals surface area contributed by atoms with Crippen LogP contribution in [0.3, 0.4) is 0 Å². The summed E-state index contributed by atoms with van der Waals surface area (Å²) >= 11 is 0. The van der Waals surface area contributed by atoms with Crippen molar-refractivity contribution in [1.82, 2.24) is 4.98 Å². The Hall–Kier alpha value is -2.86. The molecular weight excluding hydrogens is 382 g/mol. The number of carbonyl (C=O) groups excluding carboxylic acids is 2. The third-order valence-electron chi connectivity index (χ3n) is 6.64. The van der Waals surface area contributed by atoms with Crippen molar-refractivity contribution in [2.75, 3.05) is 6.61 Å².